The molecule has 0 spiro atoms. The number of hydrogen-bond acceptors (Lipinski definition) is 5. The van der Waals surface area contributed by atoms with Crippen molar-refractivity contribution in [2.24, 2.45) is 0 Å². The van der Waals surface area contributed by atoms with Gasteiger partial charge in [0.25, 0.3) is 11.6 Å². The van der Waals surface area contributed by atoms with E-state index in [4.69, 9.17) is 0 Å². The zero-order chi connectivity index (χ0) is 20.2. The van der Waals surface area contributed by atoms with Crippen LogP contribution in [0.3, 0.4) is 0 Å². The van der Waals surface area contributed by atoms with Gasteiger partial charge >= 0.3 is 6.03 Å². The summed E-state index contributed by atoms with van der Waals surface area (Å²) in [7, 11) is 0. The molecule has 1 heterocycles. The molecule has 2 rings (SSSR count). The van der Waals surface area contributed by atoms with E-state index < -0.39 is 34.9 Å². The Kier molecular flexibility index (Phi) is 6.14. The quantitative estimate of drug-likeness (QED) is 0.410. The molecular weight excluding hydrogens is 352 g/mol. The highest BCUT2D eigenvalue weighted by Gasteiger charge is 2.50. The Morgan fingerprint density at radius 2 is 1.89 bits per heavy atom. The maximum atomic E-state index is 12.8. The van der Waals surface area contributed by atoms with Crippen LogP contribution in [0.2, 0.25) is 0 Å². The molecule has 1 saturated heterocycles. The minimum atomic E-state index is -0.955. The summed E-state index contributed by atoms with van der Waals surface area (Å²) in [5.41, 5.74) is -0.370. The van der Waals surface area contributed by atoms with Crippen LogP contribution in [0.1, 0.15) is 45.1 Å². The number of nitro benzene ring substituents is 1. The van der Waals surface area contributed by atoms with Crippen LogP contribution in [-0.4, -0.2) is 39.8 Å². The minimum absolute atomic E-state index is 0.118. The number of imide groups is 1. The molecule has 0 bridgehead atoms. The lowest BCUT2D eigenvalue weighted by molar-refractivity contribution is -0.385. The summed E-state index contributed by atoms with van der Waals surface area (Å²) in [6.07, 6.45) is 2.46. The van der Waals surface area contributed by atoms with Crippen LogP contribution in [-0.2, 0) is 9.59 Å². The van der Waals surface area contributed by atoms with Gasteiger partial charge in [0.1, 0.15) is 12.1 Å². The second-order valence-electron chi connectivity index (χ2n) is 6.71. The maximum Gasteiger partial charge on any atom is 0.325 e. The number of aryl methyl sites for hydroxylation is 1. The second kappa shape index (κ2) is 8.15. The first kappa shape index (κ1) is 20.3. The van der Waals surface area contributed by atoms with Crippen LogP contribution < -0.4 is 10.6 Å². The van der Waals surface area contributed by atoms with Gasteiger partial charge in [-0.2, -0.15) is 0 Å². The summed E-state index contributed by atoms with van der Waals surface area (Å²) in [5.74, 6) is -0.998. The largest absolute Gasteiger partial charge is 0.325 e. The molecule has 1 aliphatic heterocycles. The molecule has 2 N–H and O–H groups in total. The zero-order valence-corrected chi connectivity index (χ0v) is 15.7. The number of hydrogen-bond donors (Lipinski definition) is 2. The molecule has 0 atom stereocenters. The number of carbonyl (C=O) groups is 3. The summed E-state index contributed by atoms with van der Waals surface area (Å²) in [5, 5.41) is 16.3. The van der Waals surface area contributed by atoms with E-state index in [2.05, 4.69) is 10.6 Å². The number of rotatable bonds is 8. The molecule has 146 valence electrons. The molecule has 1 aliphatic rings. The van der Waals surface area contributed by atoms with Crippen molar-refractivity contribution in [3.05, 3.63) is 33.9 Å². The van der Waals surface area contributed by atoms with Gasteiger partial charge in [0, 0.05) is 17.3 Å². The molecule has 0 unspecified atom stereocenters. The van der Waals surface area contributed by atoms with Crippen LogP contribution in [0.5, 0.6) is 0 Å². The third kappa shape index (κ3) is 4.24. The Morgan fingerprint density at radius 3 is 2.44 bits per heavy atom. The number of nitro groups is 1. The van der Waals surface area contributed by atoms with Crippen molar-refractivity contribution >= 4 is 29.2 Å². The number of amides is 4. The average molecular weight is 376 g/mol. The van der Waals surface area contributed by atoms with Crippen LogP contribution >= 0.6 is 0 Å². The van der Waals surface area contributed by atoms with Crippen molar-refractivity contribution in [1.29, 1.82) is 0 Å². The number of anilines is 1. The van der Waals surface area contributed by atoms with Crippen molar-refractivity contribution in [2.75, 3.05) is 11.9 Å². The molecule has 4 amide bonds. The monoisotopic (exact) mass is 376 g/mol. The second-order valence-corrected chi connectivity index (χ2v) is 6.71. The van der Waals surface area contributed by atoms with E-state index in [-0.39, 0.29) is 11.4 Å². The first-order valence-electron chi connectivity index (χ1n) is 8.93. The topological polar surface area (TPSA) is 122 Å². The lowest BCUT2D eigenvalue weighted by Gasteiger charge is -2.25. The molecule has 1 aromatic rings. The molecule has 0 radical (unpaired) electrons. The first-order chi connectivity index (χ1) is 12.7. The van der Waals surface area contributed by atoms with Gasteiger partial charge in [-0.05, 0) is 25.8 Å². The van der Waals surface area contributed by atoms with Crippen LogP contribution in [0.25, 0.3) is 0 Å². The summed E-state index contributed by atoms with van der Waals surface area (Å²) >= 11 is 0. The smallest absolute Gasteiger partial charge is 0.324 e. The highest BCUT2D eigenvalue weighted by molar-refractivity contribution is 6.10. The fourth-order valence-corrected chi connectivity index (χ4v) is 3.37. The minimum Gasteiger partial charge on any atom is -0.324 e. The molecule has 0 aromatic heterocycles. The van der Waals surface area contributed by atoms with Crippen LogP contribution in [0.4, 0.5) is 16.2 Å². The lowest BCUT2D eigenvalue weighted by atomic mass is 9.88. The number of nitrogens with zero attached hydrogens (tertiary/aromatic N) is 2. The molecule has 1 fully saturated rings. The van der Waals surface area contributed by atoms with Gasteiger partial charge in [0.2, 0.25) is 5.91 Å². The number of benzene rings is 1. The molecule has 0 saturated carbocycles. The molecule has 0 aliphatic carbocycles. The predicted octanol–water partition coefficient (Wildman–Crippen LogP) is 2.73. The maximum absolute atomic E-state index is 12.8. The predicted molar refractivity (Wildman–Crippen MR) is 99.3 cm³/mol. The highest BCUT2D eigenvalue weighted by atomic mass is 16.6. The fourth-order valence-electron chi connectivity index (χ4n) is 3.37. The van der Waals surface area contributed by atoms with Gasteiger partial charge < -0.3 is 10.6 Å². The van der Waals surface area contributed by atoms with E-state index in [1.165, 1.54) is 18.2 Å². The third-order valence-corrected chi connectivity index (χ3v) is 4.59. The first-order valence-corrected chi connectivity index (χ1v) is 8.93. The SMILES string of the molecule is CCCC1(CCC)NC(=O)N(CC(=O)Nc2ccc(C)c([N+](=O)[O-])c2)C1=O. The van der Waals surface area contributed by atoms with E-state index in [0.29, 0.717) is 18.4 Å². The average Bonchev–Trinajstić information content (AvgIpc) is 2.81. The summed E-state index contributed by atoms with van der Waals surface area (Å²) in [4.78, 5) is 48.7. The number of carbonyl (C=O) groups excluding carboxylic acids is 3. The van der Waals surface area contributed by atoms with E-state index in [0.717, 1.165) is 17.7 Å². The number of urea groups is 1. The molecule has 9 nitrogen and oxygen atoms in total. The summed E-state index contributed by atoms with van der Waals surface area (Å²) in [6, 6.07) is 3.71. The van der Waals surface area contributed by atoms with E-state index in [1.54, 1.807) is 6.92 Å². The van der Waals surface area contributed by atoms with Gasteiger partial charge in [-0.15, -0.1) is 0 Å². The lowest BCUT2D eigenvalue weighted by Crippen LogP contribution is -2.47. The number of nitrogens with one attached hydrogen (secondary N) is 2. The van der Waals surface area contributed by atoms with Gasteiger partial charge in [-0.3, -0.25) is 24.6 Å². The molecule has 9 heteroatoms. The molecule has 1 aromatic carbocycles. The Labute approximate surface area is 157 Å². The highest BCUT2D eigenvalue weighted by Crippen LogP contribution is 2.28. The van der Waals surface area contributed by atoms with Crippen LogP contribution in [0.15, 0.2) is 18.2 Å². The van der Waals surface area contributed by atoms with Crippen LogP contribution in [0, 0.1) is 17.0 Å². The van der Waals surface area contributed by atoms with Gasteiger partial charge in [-0.25, -0.2) is 4.79 Å². The van der Waals surface area contributed by atoms with Crippen molar-refractivity contribution in [3.63, 3.8) is 0 Å². The Morgan fingerprint density at radius 1 is 1.26 bits per heavy atom. The van der Waals surface area contributed by atoms with Crippen molar-refractivity contribution in [2.45, 2.75) is 52.0 Å². The Hall–Kier alpha value is -2.97. The Balaban J connectivity index is 2.11. The summed E-state index contributed by atoms with van der Waals surface area (Å²) in [6.45, 7) is 5.01. The zero-order valence-electron chi connectivity index (χ0n) is 15.7. The normalized spacial score (nSPS) is 15.6. The van der Waals surface area contributed by atoms with E-state index in [9.17, 15) is 24.5 Å². The van der Waals surface area contributed by atoms with Gasteiger partial charge in [0.15, 0.2) is 0 Å². The van der Waals surface area contributed by atoms with Gasteiger partial charge in [-0.1, -0.05) is 32.8 Å². The third-order valence-electron chi connectivity index (χ3n) is 4.59. The fraction of sp³-hybridized carbons (Fsp3) is 0.500. The van der Waals surface area contributed by atoms with Crippen molar-refractivity contribution < 1.29 is 19.3 Å². The Bertz CT molecular complexity index is 771. The summed E-state index contributed by atoms with van der Waals surface area (Å²) < 4.78 is 0. The van der Waals surface area contributed by atoms with E-state index in [1.807, 2.05) is 13.8 Å². The molecule has 27 heavy (non-hydrogen) atoms. The van der Waals surface area contributed by atoms with Crippen molar-refractivity contribution in [1.82, 2.24) is 10.2 Å². The van der Waals surface area contributed by atoms with Gasteiger partial charge in [0.05, 0.1) is 4.92 Å². The molecular formula is C18H24N4O5. The van der Waals surface area contributed by atoms with Crippen molar-refractivity contribution in [3.8, 4) is 0 Å². The van der Waals surface area contributed by atoms with E-state index >= 15 is 0 Å². The standard InChI is InChI=1S/C18H24N4O5/c1-4-8-18(9-5-2)16(24)21(17(25)20-18)11-15(23)19-13-7-6-12(3)14(10-13)22(26)27/h6-7,10H,4-5,8-9,11H2,1-3H3,(H,19,23)(H,20,25).